The van der Waals surface area contributed by atoms with Crippen LogP contribution in [-0.4, -0.2) is 60.7 Å². The molecular weight excluding hydrogens is 452 g/mol. The van der Waals surface area contributed by atoms with Crippen molar-refractivity contribution in [2.24, 2.45) is 0 Å². The second-order valence-electron chi connectivity index (χ2n) is 9.19. The fourth-order valence-corrected chi connectivity index (χ4v) is 4.47. The van der Waals surface area contributed by atoms with Crippen LogP contribution in [0.4, 0.5) is 5.82 Å². The van der Waals surface area contributed by atoms with Crippen molar-refractivity contribution in [2.75, 3.05) is 44.8 Å². The van der Waals surface area contributed by atoms with E-state index in [0.29, 0.717) is 25.3 Å². The molecule has 3 aromatic rings. The molecule has 0 aliphatic carbocycles. The fourth-order valence-electron chi connectivity index (χ4n) is 4.47. The maximum Gasteiger partial charge on any atom is 0.253 e. The summed E-state index contributed by atoms with van der Waals surface area (Å²) in [6, 6.07) is 15.6. The molecule has 7 heteroatoms. The summed E-state index contributed by atoms with van der Waals surface area (Å²) < 4.78 is 11.0. The van der Waals surface area contributed by atoms with Crippen LogP contribution in [0.15, 0.2) is 48.5 Å². The number of hydrogen-bond acceptors (Lipinski definition) is 6. The Bertz CT molecular complexity index is 1150. The van der Waals surface area contributed by atoms with Gasteiger partial charge in [0.2, 0.25) is 0 Å². The first-order valence-corrected chi connectivity index (χ1v) is 12.7. The number of ether oxygens (including phenoxy) is 2. The van der Waals surface area contributed by atoms with E-state index in [1.54, 1.807) is 7.11 Å². The number of hydrogen-bond donors (Lipinski definition) is 0. The molecule has 0 atom stereocenters. The van der Waals surface area contributed by atoms with Crippen molar-refractivity contribution in [1.82, 2.24) is 14.9 Å². The summed E-state index contributed by atoms with van der Waals surface area (Å²) in [5, 5.41) is 0. The van der Waals surface area contributed by atoms with Crippen LogP contribution in [-0.2, 0) is 6.42 Å². The van der Waals surface area contributed by atoms with Gasteiger partial charge in [-0.3, -0.25) is 4.79 Å². The summed E-state index contributed by atoms with van der Waals surface area (Å²) in [7, 11) is 1.67. The molecule has 1 saturated heterocycles. The lowest BCUT2D eigenvalue weighted by molar-refractivity contribution is 0.0746. The van der Waals surface area contributed by atoms with Gasteiger partial charge in [0, 0.05) is 49.4 Å². The molecule has 36 heavy (non-hydrogen) atoms. The smallest absolute Gasteiger partial charge is 0.253 e. The van der Waals surface area contributed by atoms with Crippen LogP contribution in [0.2, 0.25) is 0 Å². The molecule has 0 saturated carbocycles. The minimum Gasteiger partial charge on any atom is -0.497 e. The number of nitrogens with zero attached hydrogens (tertiary/aromatic N) is 4. The first kappa shape index (κ1) is 25.5. The van der Waals surface area contributed by atoms with Gasteiger partial charge in [-0.25, -0.2) is 9.97 Å². The molecule has 4 rings (SSSR count). The average molecular weight is 489 g/mol. The van der Waals surface area contributed by atoms with E-state index in [0.717, 1.165) is 66.8 Å². The first-order chi connectivity index (χ1) is 17.5. The van der Waals surface area contributed by atoms with Crippen molar-refractivity contribution >= 4 is 11.7 Å². The molecule has 1 aliphatic rings. The van der Waals surface area contributed by atoms with Crippen molar-refractivity contribution in [3.63, 3.8) is 0 Å². The zero-order chi connectivity index (χ0) is 25.5. The Balaban J connectivity index is 1.42. The third-order valence-corrected chi connectivity index (χ3v) is 6.58. The van der Waals surface area contributed by atoms with E-state index in [4.69, 9.17) is 14.5 Å². The molecular formula is C29H36N4O3. The predicted molar refractivity (Wildman–Crippen MR) is 142 cm³/mol. The quantitative estimate of drug-likeness (QED) is 0.402. The van der Waals surface area contributed by atoms with Gasteiger partial charge >= 0.3 is 0 Å². The van der Waals surface area contributed by atoms with Gasteiger partial charge in [0.1, 0.15) is 23.1 Å². The summed E-state index contributed by atoms with van der Waals surface area (Å²) in [4.78, 5) is 26.8. The molecule has 2 aromatic carbocycles. The molecule has 1 aromatic heterocycles. The van der Waals surface area contributed by atoms with E-state index in [9.17, 15) is 4.79 Å². The SMILES string of the molecule is CCCCOc1ccc(C(=O)N2CCN(c3nc(C)nc(C)c3Cc3ccc(OC)cc3)CC2)cc1. The van der Waals surface area contributed by atoms with Gasteiger partial charge in [0.15, 0.2) is 0 Å². The average Bonchev–Trinajstić information content (AvgIpc) is 2.91. The zero-order valence-electron chi connectivity index (χ0n) is 21.8. The molecule has 1 amide bonds. The molecule has 0 spiro atoms. The second-order valence-corrected chi connectivity index (χ2v) is 9.19. The van der Waals surface area contributed by atoms with Gasteiger partial charge in [0.05, 0.1) is 13.7 Å². The normalized spacial score (nSPS) is 13.6. The molecule has 0 radical (unpaired) electrons. The lowest BCUT2D eigenvalue weighted by Crippen LogP contribution is -2.49. The molecule has 190 valence electrons. The molecule has 7 nitrogen and oxygen atoms in total. The van der Waals surface area contributed by atoms with Crippen LogP contribution < -0.4 is 14.4 Å². The number of methoxy groups -OCH3 is 1. The minimum absolute atomic E-state index is 0.0586. The third-order valence-electron chi connectivity index (χ3n) is 6.58. The number of rotatable bonds is 9. The topological polar surface area (TPSA) is 67.8 Å². The van der Waals surface area contributed by atoms with Crippen LogP contribution >= 0.6 is 0 Å². The highest BCUT2D eigenvalue weighted by Gasteiger charge is 2.25. The highest BCUT2D eigenvalue weighted by atomic mass is 16.5. The monoisotopic (exact) mass is 488 g/mol. The van der Waals surface area contributed by atoms with Gasteiger partial charge in [-0.1, -0.05) is 25.5 Å². The lowest BCUT2D eigenvalue weighted by atomic mass is 10.0. The Morgan fingerprint density at radius 3 is 2.22 bits per heavy atom. The van der Waals surface area contributed by atoms with E-state index in [1.807, 2.05) is 55.1 Å². The van der Waals surface area contributed by atoms with Gasteiger partial charge in [-0.2, -0.15) is 0 Å². The molecule has 0 N–H and O–H groups in total. The highest BCUT2D eigenvalue weighted by molar-refractivity contribution is 5.94. The van der Waals surface area contributed by atoms with Crippen molar-refractivity contribution in [3.8, 4) is 11.5 Å². The standard InChI is InChI=1S/C29H36N4O3/c1-5-6-19-36-26-13-9-24(10-14-26)29(34)33-17-15-32(16-18-33)28-27(21(2)30-22(3)31-28)20-23-7-11-25(35-4)12-8-23/h7-14H,5-6,15-20H2,1-4H3. The van der Waals surface area contributed by atoms with E-state index in [2.05, 4.69) is 28.9 Å². The maximum absolute atomic E-state index is 13.1. The summed E-state index contributed by atoms with van der Waals surface area (Å²) >= 11 is 0. The Morgan fingerprint density at radius 1 is 0.917 bits per heavy atom. The van der Waals surface area contributed by atoms with Crippen molar-refractivity contribution in [3.05, 3.63) is 76.7 Å². The van der Waals surface area contributed by atoms with Gasteiger partial charge in [0.25, 0.3) is 5.91 Å². The van der Waals surface area contributed by atoms with E-state index in [1.165, 1.54) is 5.56 Å². The number of carbonyl (C=O) groups is 1. The Labute approximate surface area is 214 Å². The summed E-state index contributed by atoms with van der Waals surface area (Å²) in [5.41, 5.74) is 4.00. The van der Waals surface area contributed by atoms with Crippen molar-refractivity contribution in [2.45, 2.75) is 40.0 Å². The van der Waals surface area contributed by atoms with E-state index < -0.39 is 0 Å². The van der Waals surface area contributed by atoms with Crippen LogP contribution in [0.5, 0.6) is 11.5 Å². The second kappa shape index (κ2) is 11.9. The number of aromatic nitrogens is 2. The van der Waals surface area contributed by atoms with E-state index >= 15 is 0 Å². The van der Waals surface area contributed by atoms with Crippen LogP contribution in [0, 0.1) is 13.8 Å². The van der Waals surface area contributed by atoms with E-state index in [-0.39, 0.29) is 5.91 Å². The molecule has 0 bridgehead atoms. The highest BCUT2D eigenvalue weighted by Crippen LogP contribution is 2.26. The number of anilines is 1. The third kappa shape index (κ3) is 6.14. The first-order valence-electron chi connectivity index (χ1n) is 12.7. The van der Waals surface area contributed by atoms with Gasteiger partial charge < -0.3 is 19.3 Å². The number of unbranched alkanes of at least 4 members (excludes halogenated alkanes) is 1. The summed E-state index contributed by atoms with van der Waals surface area (Å²) in [6.45, 7) is 9.59. The number of aryl methyl sites for hydroxylation is 2. The van der Waals surface area contributed by atoms with Gasteiger partial charge in [-0.15, -0.1) is 0 Å². The lowest BCUT2D eigenvalue weighted by Gasteiger charge is -2.36. The van der Waals surface area contributed by atoms with Crippen LogP contribution in [0.3, 0.4) is 0 Å². The van der Waals surface area contributed by atoms with Crippen LogP contribution in [0.1, 0.15) is 52.8 Å². The largest absolute Gasteiger partial charge is 0.497 e. The number of amides is 1. The summed E-state index contributed by atoms with van der Waals surface area (Å²) in [5.74, 6) is 3.44. The number of carbonyl (C=O) groups excluding carboxylic acids is 1. The Kier molecular flexibility index (Phi) is 8.41. The van der Waals surface area contributed by atoms with Crippen molar-refractivity contribution in [1.29, 1.82) is 0 Å². The fraction of sp³-hybridized carbons (Fsp3) is 0.414. The van der Waals surface area contributed by atoms with Gasteiger partial charge in [-0.05, 0) is 62.2 Å². The Hall–Kier alpha value is -3.61. The zero-order valence-corrected chi connectivity index (χ0v) is 21.8. The molecule has 1 aliphatic heterocycles. The number of piperazine rings is 1. The minimum atomic E-state index is 0.0586. The number of benzene rings is 2. The van der Waals surface area contributed by atoms with Crippen LogP contribution in [0.25, 0.3) is 0 Å². The Morgan fingerprint density at radius 2 is 1.58 bits per heavy atom. The summed E-state index contributed by atoms with van der Waals surface area (Å²) in [6.07, 6.45) is 2.87. The van der Waals surface area contributed by atoms with Crippen molar-refractivity contribution < 1.29 is 14.3 Å². The molecule has 0 unspecified atom stereocenters. The maximum atomic E-state index is 13.1. The molecule has 1 fully saturated rings. The molecule has 2 heterocycles. The predicted octanol–water partition coefficient (Wildman–Crippen LogP) is 4.83.